The maximum absolute atomic E-state index is 12.9. The fourth-order valence-electron chi connectivity index (χ4n) is 2.80. The molecule has 0 aromatic carbocycles. The molecule has 1 aliphatic heterocycles. The van der Waals surface area contributed by atoms with Gasteiger partial charge in [-0.3, -0.25) is 9.69 Å². The number of carbonyl (C=O) groups is 2. The van der Waals surface area contributed by atoms with E-state index in [0.717, 1.165) is 51.6 Å². The fraction of sp³-hybridized carbons (Fsp3) is 0.889. The van der Waals surface area contributed by atoms with E-state index in [9.17, 15) is 9.59 Å². The van der Waals surface area contributed by atoms with Crippen LogP contribution in [-0.2, 0) is 9.53 Å². The van der Waals surface area contributed by atoms with Crippen LogP contribution in [0.25, 0.3) is 0 Å². The summed E-state index contributed by atoms with van der Waals surface area (Å²) in [5.41, 5.74) is -0.530. The normalized spacial score (nSPS) is 18.1. The van der Waals surface area contributed by atoms with Crippen molar-refractivity contribution in [1.29, 1.82) is 0 Å². The first-order valence-electron chi connectivity index (χ1n) is 9.08. The number of amides is 2. The summed E-state index contributed by atoms with van der Waals surface area (Å²) < 4.78 is 5.46. The standard InChI is InChI=1S/C18H34N2O3/c1-6-8-12-19(13-9-7-2)16(21)15-11-10-14-20(15)17(22)23-18(3,4)5/h15H,6-14H2,1-5H3/t15-/m0/s1. The zero-order valence-corrected chi connectivity index (χ0v) is 15.6. The van der Waals surface area contributed by atoms with Crippen LogP contribution in [0.15, 0.2) is 0 Å². The number of nitrogens with zero attached hydrogens (tertiary/aromatic N) is 2. The van der Waals surface area contributed by atoms with E-state index in [1.54, 1.807) is 4.90 Å². The van der Waals surface area contributed by atoms with Gasteiger partial charge in [-0.25, -0.2) is 4.79 Å². The van der Waals surface area contributed by atoms with Gasteiger partial charge in [-0.15, -0.1) is 0 Å². The average molecular weight is 326 g/mol. The zero-order valence-electron chi connectivity index (χ0n) is 15.6. The molecule has 0 bridgehead atoms. The number of unbranched alkanes of at least 4 members (excludes halogenated alkanes) is 2. The molecule has 1 aliphatic rings. The van der Waals surface area contributed by atoms with Crippen LogP contribution in [0.5, 0.6) is 0 Å². The van der Waals surface area contributed by atoms with Crippen molar-refractivity contribution in [3.8, 4) is 0 Å². The SMILES string of the molecule is CCCCN(CCCC)C(=O)[C@@H]1CCCN1C(=O)OC(C)(C)C. The molecule has 0 radical (unpaired) electrons. The first-order valence-corrected chi connectivity index (χ1v) is 9.08. The quantitative estimate of drug-likeness (QED) is 0.715. The van der Waals surface area contributed by atoms with E-state index in [4.69, 9.17) is 4.74 Å². The molecule has 1 atom stereocenters. The highest BCUT2D eigenvalue weighted by Gasteiger charge is 2.38. The summed E-state index contributed by atoms with van der Waals surface area (Å²) in [5.74, 6) is 0.0928. The van der Waals surface area contributed by atoms with Gasteiger partial charge in [0.2, 0.25) is 5.91 Å². The summed E-state index contributed by atoms with van der Waals surface area (Å²) in [5, 5.41) is 0. The summed E-state index contributed by atoms with van der Waals surface area (Å²) in [7, 11) is 0. The first kappa shape index (κ1) is 19.8. The second-order valence-electron chi connectivity index (χ2n) is 7.36. The van der Waals surface area contributed by atoms with Gasteiger partial charge in [-0.05, 0) is 46.5 Å². The molecule has 1 heterocycles. The number of rotatable bonds is 7. The molecule has 2 amide bonds. The van der Waals surface area contributed by atoms with E-state index in [1.807, 2.05) is 25.7 Å². The number of likely N-dealkylation sites (tertiary alicyclic amines) is 1. The van der Waals surface area contributed by atoms with Gasteiger partial charge >= 0.3 is 6.09 Å². The predicted octanol–water partition coefficient (Wildman–Crippen LogP) is 3.81. The lowest BCUT2D eigenvalue weighted by atomic mass is 10.1. The lowest BCUT2D eigenvalue weighted by Gasteiger charge is -2.31. The van der Waals surface area contributed by atoms with Gasteiger partial charge in [-0.1, -0.05) is 26.7 Å². The van der Waals surface area contributed by atoms with Crippen LogP contribution < -0.4 is 0 Å². The van der Waals surface area contributed by atoms with E-state index in [1.165, 1.54) is 0 Å². The Morgan fingerprint density at radius 2 is 1.70 bits per heavy atom. The minimum absolute atomic E-state index is 0.0928. The van der Waals surface area contributed by atoms with E-state index in [2.05, 4.69) is 13.8 Å². The molecule has 0 saturated carbocycles. The van der Waals surface area contributed by atoms with Crippen molar-refractivity contribution in [2.24, 2.45) is 0 Å². The highest BCUT2D eigenvalue weighted by molar-refractivity contribution is 5.86. The molecule has 134 valence electrons. The Morgan fingerprint density at radius 3 is 2.17 bits per heavy atom. The van der Waals surface area contributed by atoms with Crippen molar-refractivity contribution < 1.29 is 14.3 Å². The van der Waals surface area contributed by atoms with Gasteiger partial charge in [-0.2, -0.15) is 0 Å². The average Bonchev–Trinajstić information content (AvgIpc) is 2.94. The van der Waals surface area contributed by atoms with Crippen LogP contribution in [0.3, 0.4) is 0 Å². The highest BCUT2D eigenvalue weighted by Crippen LogP contribution is 2.23. The number of hydrogen-bond donors (Lipinski definition) is 0. The van der Waals surface area contributed by atoms with Crippen LogP contribution in [0, 0.1) is 0 Å². The summed E-state index contributed by atoms with van der Waals surface area (Å²) in [6.07, 6.45) is 5.40. The van der Waals surface area contributed by atoms with Gasteiger partial charge in [0.05, 0.1) is 0 Å². The molecule has 1 rings (SSSR count). The Labute approximate surface area is 141 Å². The molecule has 0 unspecified atom stereocenters. The van der Waals surface area contributed by atoms with Crippen molar-refractivity contribution in [2.75, 3.05) is 19.6 Å². The van der Waals surface area contributed by atoms with Gasteiger partial charge < -0.3 is 9.64 Å². The molecule has 5 heteroatoms. The molecule has 0 N–H and O–H groups in total. The molecule has 0 aliphatic carbocycles. The van der Waals surface area contributed by atoms with Crippen LogP contribution >= 0.6 is 0 Å². The lowest BCUT2D eigenvalue weighted by molar-refractivity contribution is -0.136. The van der Waals surface area contributed by atoms with Gasteiger partial charge in [0, 0.05) is 19.6 Å². The molecular formula is C18H34N2O3. The van der Waals surface area contributed by atoms with E-state index in [0.29, 0.717) is 6.54 Å². The Morgan fingerprint density at radius 1 is 1.13 bits per heavy atom. The van der Waals surface area contributed by atoms with Gasteiger partial charge in [0.1, 0.15) is 11.6 Å². The fourth-order valence-corrected chi connectivity index (χ4v) is 2.80. The Kier molecular flexibility index (Phi) is 7.86. The van der Waals surface area contributed by atoms with E-state index < -0.39 is 5.60 Å². The molecule has 0 aromatic rings. The summed E-state index contributed by atoms with van der Waals surface area (Å²) in [6.45, 7) is 12.0. The molecular weight excluding hydrogens is 292 g/mol. The Balaban J connectivity index is 2.74. The second kappa shape index (κ2) is 9.14. The van der Waals surface area contributed by atoms with Gasteiger partial charge in [0.15, 0.2) is 0 Å². The summed E-state index contributed by atoms with van der Waals surface area (Å²) in [4.78, 5) is 28.8. The third kappa shape index (κ3) is 6.40. The maximum atomic E-state index is 12.9. The smallest absolute Gasteiger partial charge is 0.410 e. The minimum atomic E-state index is -0.530. The molecule has 23 heavy (non-hydrogen) atoms. The summed E-state index contributed by atoms with van der Waals surface area (Å²) >= 11 is 0. The maximum Gasteiger partial charge on any atom is 0.410 e. The van der Waals surface area contributed by atoms with Crippen LogP contribution in [0.1, 0.15) is 73.1 Å². The van der Waals surface area contributed by atoms with E-state index in [-0.39, 0.29) is 18.0 Å². The molecule has 0 aromatic heterocycles. The number of hydrogen-bond acceptors (Lipinski definition) is 3. The largest absolute Gasteiger partial charge is 0.444 e. The minimum Gasteiger partial charge on any atom is -0.444 e. The highest BCUT2D eigenvalue weighted by atomic mass is 16.6. The summed E-state index contributed by atoms with van der Waals surface area (Å²) in [6, 6.07) is -0.349. The second-order valence-corrected chi connectivity index (χ2v) is 7.36. The van der Waals surface area contributed by atoms with E-state index >= 15 is 0 Å². The van der Waals surface area contributed by atoms with Crippen molar-refractivity contribution in [1.82, 2.24) is 9.80 Å². The van der Waals surface area contributed by atoms with Crippen molar-refractivity contribution in [3.05, 3.63) is 0 Å². The lowest BCUT2D eigenvalue weighted by Crippen LogP contribution is -2.49. The van der Waals surface area contributed by atoms with Crippen molar-refractivity contribution in [3.63, 3.8) is 0 Å². The zero-order chi connectivity index (χ0) is 17.5. The predicted molar refractivity (Wildman–Crippen MR) is 92.4 cm³/mol. The van der Waals surface area contributed by atoms with Crippen molar-refractivity contribution in [2.45, 2.75) is 84.8 Å². The number of ether oxygens (including phenoxy) is 1. The van der Waals surface area contributed by atoms with Crippen LogP contribution in [0.4, 0.5) is 4.79 Å². The topological polar surface area (TPSA) is 49.9 Å². The monoisotopic (exact) mass is 326 g/mol. The molecule has 5 nitrogen and oxygen atoms in total. The van der Waals surface area contributed by atoms with Crippen molar-refractivity contribution >= 4 is 12.0 Å². The van der Waals surface area contributed by atoms with Crippen LogP contribution in [0.2, 0.25) is 0 Å². The Bertz CT molecular complexity index is 382. The number of carbonyl (C=O) groups excluding carboxylic acids is 2. The molecule has 1 fully saturated rings. The molecule has 1 saturated heterocycles. The third-order valence-electron chi connectivity index (χ3n) is 4.04. The third-order valence-corrected chi connectivity index (χ3v) is 4.04. The first-order chi connectivity index (χ1) is 10.8. The Hall–Kier alpha value is -1.26. The molecule has 0 spiro atoms. The van der Waals surface area contributed by atoms with Crippen LogP contribution in [-0.4, -0.2) is 53.1 Å². The van der Waals surface area contributed by atoms with Gasteiger partial charge in [0.25, 0.3) is 0 Å².